The van der Waals surface area contributed by atoms with Crippen LogP contribution in [0.5, 0.6) is 0 Å². The first-order valence-corrected chi connectivity index (χ1v) is 11.9. The Morgan fingerprint density at radius 2 is 1.90 bits per heavy atom. The minimum atomic E-state index is -4.14. The third-order valence-electron chi connectivity index (χ3n) is 6.32. The van der Waals surface area contributed by atoms with E-state index in [1.165, 1.54) is 18.2 Å². The third kappa shape index (κ3) is 3.70. The molecule has 1 aliphatic heterocycles. The van der Waals surface area contributed by atoms with Crippen LogP contribution in [0.2, 0.25) is 5.02 Å². The summed E-state index contributed by atoms with van der Waals surface area (Å²) < 4.78 is 42.8. The van der Waals surface area contributed by atoms with E-state index in [0.29, 0.717) is 16.3 Å². The molecular formula is C22H24ClFN2O4S. The van der Waals surface area contributed by atoms with Crippen LogP contribution in [-0.2, 0) is 14.8 Å². The highest BCUT2D eigenvalue weighted by atomic mass is 35.5. The molecular weight excluding hydrogens is 443 g/mol. The monoisotopic (exact) mass is 466 g/mol. The minimum Gasteiger partial charge on any atom is -0.480 e. The van der Waals surface area contributed by atoms with Gasteiger partial charge in [-0.25, -0.2) is 12.8 Å². The van der Waals surface area contributed by atoms with Crippen molar-refractivity contribution in [3.63, 3.8) is 0 Å². The lowest BCUT2D eigenvalue weighted by Gasteiger charge is -2.42. The molecule has 6 nitrogen and oxygen atoms in total. The van der Waals surface area contributed by atoms with Crippen LogP contribution in [0.3, 0.4) is 0 Å². The highest BCUT2D eigenvalue weighted by molar-refractivity contribution is 7.89. The molecule has 2 aromatic rings. The maximum absolute atomic E-state index is 14.8. The maximum Gasteiger partial charge on any atom is 0.322 e. The van der Waals surface area contributed by atoms with Gasteiger partial charge in [-0.05, 0) is 67.6 Å². The molecule has 1 aliphatic carbocycles. The van der Waals surface area contributed by atoms with Crippen molar-refractivity contribution in [1.82, 2.24) is 4.31 Å². The van der Waals surface area contributed by atoms with Crippen molar-refractivity contribution in [2.75, 3.05) is 11.6 Å². The van der Waals surface area contributed by atoms with Gasteiger partial charge in [-0.1, -0.05) is 24.6 Å². The van der Waals surface area contributed by atoms with Gasteiger partial charge in [-0.15, -0.1) is 0 Å². The van der Waals surface area contributed by atoms with Gasteiger partial charge in [-0.3, -0.25) is 4.79 Å². The number of fused-ring (bicyclic) bond motifs is 1. The molecule has 0 bridgehead atoms. The lowest BCUT2D eigenvalue weighted by molar-refractivity contribution is -0.142. The highest BCUT2D eigenvalue weighted by Crippen LogP contribution is 2.43. The molecule has 1 fully saturated rings. The van der Waals surface area contributed by atoms with E-state index in [9.17, 15) is 22.7 Å². The van der Waals surface area contributed by atoms with E-state index < -0.39 is 33.8 Å². The zero-order chi connectivity index (χ0) is 22.7. The number of aryl methyl sites for hydroxylation is 1. The summed E-state index contributed by atoms with van der Waals surface area (Å²) in [5.74, 6) is -2.76. The number of anilines is 1. The first kappa shape index (κ1) is 22.0. The number of nitrogens with zero attached hydrogens (tertiary/aromatic N) is 2. The molecule has 4 rings (SSSR count). The second-order valence-corrected chi connectivity index (χ2v) is 10.6. The Hall–Kier alpha value is -2.16. The zero-order valence-electron chi connectivity index (χ0n) is 17.5. The quantitative estimate of drug-likeness (QED) is 0.711. The van der Waals surface area contributed by atoms with E-state index in [-0.39, 0.29) is 23.2 Å². The van der Waals surface area contributed by atoms with Gasteiger partial charge >= 0.3 is 5.97 Å². The fourth-order valence-corrected chi connectivity index (χ4v) is 6.35. The van der Waals surface area contributed by atoms with Gasteiger partial charge < -0.3 is 10.0 Å². The van der Waals surface area contributed by atoms with Gasteiger partial charge in [0.2, 0.25) is 10.0 Å². The molecule has 31 heavy (non-hydrogen) atoms. The normalized spacial score (nSPS) is 20.2. The van der Waals surface area contributed by atoms with Crippen LogP contribution in [0.25, 0.3) is 0 Å². The zero-order valence-corrected chi connectivity index (χ0v) is 19.0. The van der Waals surface area contributed by atoms with Crippen LogP contribution in [0.15, 0.2) is 35.2 Å². The van der Waals surface area contributed by atoms with Gasteiger partial charge in [0.25, 0.3) is 0 Å². The molecule has 1 unspecified atom stereocenters. The van der Waals surface area contributed by atoms with Gasteiger partial charge in [0, 0.05) is 17.0 Å². The first-order chi connectivity index (χ1) is 14.5. The first-order valence-electron chi connectivity index (χ1n) is 10.1. The summed E-state index contributed by atoms with van der Waals surface area (Å²) in [5, 5.41) is 10.5. The van der Waals surface area contributed by atoms with Crippen molar-refractivity contribution >= 4 is 33.3 Å². The summed E-state index contributed by atoms with van der Waals surface area (Å²) in [4.78, 5) is 14.3. The Balaban J connectivity index is 1.85. The summed E-state index contributed by atoms with van der Waals surface area (Å²) in [6.07, 6.45) is 1.78. The van der Waals surface area contributed by atoms with Crippen molar-refractivity contribution in [3.8, 4) is 0 Å². The summed E-state index contributed by atoms with van der Waals surface area (Å²) in [6.45, 7) is 4.99. The van der Waals surface area contributed by atoms with Crippen molar-refractivity contribution in [2.24, 2.45) is 0 Å². The van der Waals surface area contributed by atoms with Crippen molar-refractivity contribution in [1.29, 1.82) is 0 Å². The van der Waals surface area contributed by atoms with Crippen LogP contribution in [-0.4, -0.2) is 42.6 Å². The number of benzene rings is 2. The molecule has 0 aromatic heterocycles. The van der Waals surface area contributed by atoms with E-state index in [1.54, 1.807) is 26.0 Å². The molecule has 1 heterocycles. The molecule has 9 heteroatoms. The van der Waals surface area contributed by atoms with Gasteiger partial charge in [0.15, 0.2) is 0 Å². The fourth-order valence-electron chi connectivity index (χ4n) is 4.41. The number of hydrogen-bond donors (Lipinski definition) is 1. The smallest absolute Gasteiger partial charge is 0.322 e. The number of rotatable bonds is 5. The van der Waals surface area contributed by atoms with Crippen LogP contribution < -0.4 is 4.90 Å². The molecule has 0 radical (unpaired) electrons. The number of hydrogen-bond acceptors (Lipinski definition) is 4. The number of carboxylic acid groups (broad SMARTS) is 1. The summed E-state index contributed by atoms with van der Waals surface area (Å²) in [6, 6.07) is 6.08. The van der Waals surface area contributed by atoms with Crippen LogP contribution in [0, 0.1) is 19.7 Å². The van der Waals surface area contributed by atoms with E-state index in [0.717, 1.165) is 22.7 Å². The Bertz CT molecular complexity index is 1170. The highest BCUT2D eigenvalue weighted by Gasteiger charge is 2.48. The van der Waals surface area contributed by atoms with Crippen LogP contribution >= 0.6 is 11.6 Å². The SMILES string of the molecule is Cc1ccc(F)c(C(C)[C@@H](C(=O)O)N2CN(C3CC3)c3cc(Cl)ccc3S2(=O)=O)c1C. The third-order valence-corrected chi connectivity index (χ3v) is 8.42. The average Bonchev–Trinajstić information content (AvgIpc) is 3.52. The molecule has 2 aromatic carbocycles. The second-order valence-electron chi connectivity index (χ2n) is 8.32. The number of halogens is 2. The minimum absolute atomic E-state index is 0.0231. The van der Waals surface area contributed by atoms with E-state index in [2.05, 4.69) is 0 Å². The number of aliphatic carboxylic acids is 1. The Labute approximate surface area is 186 Å². The predicted octanol–water partition coefficient (Wildman–Crippen LogP) is 4.28. The summed E-state index contributed by atoms with van der Waals surface area (Å²) in [7, 11) is -4.14. The molecule has 2 aliphatic rings. The van der Waals surface area contributed by atoms with Gasteiger partial charge in [0.1, 0.15) is 16.8 Å². The molecule has 1 N–H and O–H groups in total. The van der Waals surface area contributed by atoms with Crippen LogP contribution in [0.4, 0.5) is 10.1 Å². The lowest BCUT2D eigenvalue weighted by Crippen LogP contribution is -2.55. The Morgan fingerprint density at radius 3 is 2.52 bits per heavy atom. The largest absolute Gasteiger partial charge is 0.480 e. The lowest BCUT2D eigenvalue weighted by atomic mass is 9.87. The standard InChI is InChI=1S/C22H24ClFN2O4S/c1-12-4-8-17(24)20(13(12)2)14(3)21(22(27)28)26-11-25(16-6-7-16)18-10-15(23)5-9-19(18)31(26,29)30/h4-5,8-10,14,16,21H,6-7,11H2,1-3H3,(H,27,28)/t14?,21-/m0/s1. The Morgan fingerprint density at radius 1 is 1.23 bits per heavy atom. The van der Waals surface area contributed by atoms with Gasteiger partial charge in [0.05, 0.1) is 12.4 Å². The van der Waals surface area contributed by atoms with E-state index in [1.807, 2.05) is 11.8 Å². The molecule has 2 atom stereocenters. The fraction of sp³-hybridized carbons (Fsp3) is 0.409. The van der Waals surface area contributed by atoms with Gasteiger partial charge in [-0.2, -0.15) is 4.31 Å². The number of carboxylic acids is 1. The molecule has 0 saturated heterocycles. The molecule has 166 valence electrons. The predicted molar refractivity (Wildman–Crippen MR) is 117 cm³/mol. The van der Waals surface area contributed by atoms with Crippen molar-refractivity contribution in [3.05, 3.63) is 57.9 Å². The summed E-state index contributed by atoms with van der Waals surface area (Å²) in [5.41, 5.74) is 2.15. The molecule has 1 saturated carbocycles. The number of sulfonamides is 1. The van der Waals surface area contributed by atoms with E-state index in [4.69, 9.17) is 11.6 Å². The topological polar surface area (TPSA) is 77.9 Å². The average molecular weight is 467 g/mol. The van der Waals surface area contributed by atoms with Crippen LogP contribution in [0.1, 0.15) is 42.4 Å². The Kier molecular flexibility index (Phi) is 5.52. The maximum atomic E-state index is 14.8. The molecule has 0 amide bonds. The second kappa shape index (κ2) is 7.76. The van der Waals surface area contributed by atoms with Crippen molar-refractivity contribution in [2.45, 2.75) is 56.5 Å². The number of carbonyl (C=O) groups is 1. The summed E-state index contributed by atoms with van der Waals surface area (Å²) >= 11 is 6.12. The van der Waals surface area contributed by atoms with E-state index >= 15 is 0 Å². The van der Waals surface area contributed by atoms with Crippen molar-refractivity contribution < 1.29 is 22.7 Å². The molecule has 0 spiro atoms.